The normalized spacial score (nSPS) is 10.5. The van der Waals surface area contributed by atoms with Gasteiger partial charge in [0.1, 0.15) is 6.61 Å². The van der Waals surface area contributed by atoms with Crippen molar-refractivity contribution in [2.45, 2.75) is 6.61 Å². The molecule has 5 nitrogen and oxygen atoms in total. The van der Waals surface area contributed by atoms with Crippen molar-refractivity contribution < 1.29 is 14.3 Å². The summed E-state index contributed by atoms with van der Waals surface area (Å²) in [6.45, 7) is 0.207. The molecule has 0 aliphatic carbocycles. The topological polar surface area (TPSA) is 74.3 Å². The number of fused-ring (bicyclic) bond motifs is 1. The van der Waals surface area contributed by atoms with Crippen LogP contribution in [0.15, 0.2) is 60.8 Å². The highest BCUT2D eigenvalue weighted by Crippen LogP contribution is 2.18. The molecule has 0 unspecified atom stereocenters. The summed E-state index contributed by atoms with van der Waals surface area (Å²) in [4.78, 5) is 23.3. The van der Waals surface area contributed by atoms with Crippen molar-refractivity contribution in [2.24, 2.45) is 5.73 Å². The SMILES string of the molecule is NC(=O)c1ccc2c(ccn2C(=O)OCc2ccccc2)c1. The maximum absolute atomic E-state index is 12.2. The van der Waals surface area contributed by atoms with E-state index in [0.717, 1.165) is 10.9 Å². The van der Waals surface area contributed by atoms with Gasteiger partial charge in [0.2, 0.25) is 5.91 Å². The zero-order valence-electron chi connectivity index (χ0n) is 11.7. The van der Waals surface area contributed by atoms with Crippen molar-refractivity contribution in [1.82, 2.24) is 4.57 Å². The molecule has 0 saturated heterocycles. The molecule has 0 bridgehead atoms. The fraction of sp³-hybridized carbons (Fsp3) is 0.0588. The van der Waals surface area contributed by atoms with Crippen LogP contribution in [0.25, 0.3) is 10.9 Å². The van der Waals surface area contributed by atoms with Gasteiger partial charge >= 0.3 is 6.09 Å². The number of nitrogens with zero attached hydrogens (tertiary/aromatic N) is 1. The van der Waals surface area contributed by atoms with Gasteiger partial charge in [-0.3, -0.25) is 9.36 Å². The predicted octanol–water partition coefficient (Wildman–Crippen LogP) is 2.93. The molecule has 0 fully saturated rings. The Bertz CT molecular complexity index is 837. The highest BCUT2D eigenvalue weighted by Gasteiger charge is 2.11. The Labute approximate surface area is 126 Å². The van der Waals surface area contributed by atoms with E-state index < -0.39 is 12.0 Å². The molecule has 2 N–H and O–H groups in total. The Morgan fingerprint density at radius 3 is 2.55 bits per heavy atom. The number of carbonyl (C=O) groups is 2. The zero-order valence-corrected chi connectivity index (χ0v) is 11.7. The Morgan fingerprint density at radius 1 is 1.05 bits per heavy atom. The number of aromatic nitrogens is 1. The number of nitrogens with two attached hydrogens (primary N) is 1. The lowest BCUT2D eigenvalue weighted by Gasteiger charge is -2.07. The van der Waals surface area contributed by atoms with E-state index in [1.807, 2.05) is 30.3 Å². The minimum atomic E-state index is -0.499. The van der Waals surface area contributed by atoms with E-state index in [4.69, 9.17) is 10.5 Å². The molecule has 1 heterocycles. The van der Waals surface area contributed by atoms with Crippen LogP contribution in [0.5, 0.6) is 0 Å². The lowest BCUT2D eigenvalue weighted by Crippen LogP contribution is -2.13. The van der Waals surface area contributed by atoms with Crippen molar-refractivity contribution in [3.8, 4) is 0 Å². The lowest BCUT2D eigenvalue weighted by atomic mass is 10.1. The van der Waals surface area contributed by atoms with Gasteiger partial charge < -0.3 is 10.5 Å². The van der Waals surface area contributed by atoms with Crippen LogP contribution in [0.1, 0.15) is 15.9 Å². The molecule has 3 aromatic rings. The summed E-state index contributed by atoms with van der Waals surface area (Å²) >= 11 is 0. The number of primary amides is 1. The van der Waals surface area contributed by atoms with Crippen molar-refractivity contribution in [1.29, 1.82) is 0 Å². The quantitative estimate of drug-likeness (QED) is 0.807. The van der Waals surface area contributed by atoms with Gasteiger partial charge in [0.15, 0.2) is 0 Å². The van der Waals surface area contributed by atoms with E-state index in [-0.39, 0.29) is 6.61 Å². The number of hydrogen-bond acceptors (Lipinski definition) is 3. The molecule has 0 aliphatic rings. The van der Waals surface area contributed by atoms with Crippen molar-refractivity contribution >= 4 is 22.9 Å². The lowest BCUT2D eigenvalue weighted by molar-refractivity contribution is 0.100. The molecule has 5 heteroatoms. The third kappa shape index (κ3) is 2.69. The first-order valence-electron chi connectivity index (χ1n) is 6.77. The smallest absolute Gasteiger partial charge is 0.418 e. The molecule has 0 atom stereocenters. The highest BCUT2D eigenvalue weighted by atomic mass is 16.5. The fourth-order valence-electron chi connectivity index (χ4n) is 2.24. The minimum Gasteiger partial charge on any atom is -0.444 e. The summed E-state index contributed by atoms with van der Waals surface area (Å²) in [6.07, 6.45) is 1.15. The molecular formula is C17H14N2O3. The Morgan fingerprint density at radius 2 is 1.82 bits per heavy atom. The first kappa shape index (κ1) is 13.9. The molecule has 0 spiro atoms. The third-order valence-electron chi connectivity index (χ3n) is 3.38. The monoisotopic (exact) mass is 294 g/mol. The molecule has 1 amide bonds. The molecule has 22 heavy (non-hydrogen) atoms. The standard InChI is InChI=1S/C17H14N2O3/c18-16(20)14-6-7-15-13(10-14)8-9-19(15)17(21)22-11-12-4-2-1-3-5-12/h1-10H,11H2,(H2,18,20). The van der Waals surface area contributed by atoms with Gasteiger partial charge in [-0.15, -0.1) is 0 Å². The Kier molecular flexibility index (Phi) is 3.62. The summed E-state index contributed by atoms with van der Waals surface area (Å²) in [6, 6.07) is 16.1. The van der Waals surface area contributed by atoms with E-state index in [1.54, 1.807) is 30.5 Å². The number of benzene rings is 2. The maximum atomic E-state index is 12.2. The van der Waals surface area contributed by atoms with Crippen LogP contribution in [-0.4, -0.2) is 16.6 Å². The third-order valence-corrected chi connectivity index (χ3v) is 3.38. The van der Waals surface area contributed by atoms with Gasteiger partial charge in [0.25, 0.3) is 0 Å². The Balaban J connectivity index is 1.81. The number of rotatable bonds is 3. The van der Waals surface area contributed by atoms with E-state index in [0.29, 0.717) is 11.1 Å². The van der Waals surface area contributed by atoms with E-state index in [1.165, 1.54) is 4.57 Å². The second kappa shape index (κ2) is 5.73. The second-order valence-corrected chi connectivity index (χ2v) is 4.86. The van der Waals surface area contributed by atoms with Crippen LogP contribution < -0.4 is 5.73 Å². The van der Waals surface area contributed by atoms with Gasteiger partial charge in [-0.2, -0.15) is 0 Å². The number of amides is 1. The molecule has 1 aromatic heterocycles. The number of carbonyl (C=O) groups excluding carboxylic acids is 2. The molecule has 0 saturated carbocycles. The highest BCUT2D eigenvalue weighted by molar-refractivity contribution is 5.98. The molecule has 0 aliphatic heterocycles. The maximum Gasteiger partial charge on any atom is 0.418 e. The summed E-state index contributed by atoms with van der Waals surface area (Å²) in [5.41, 5.74) is 7.24. The molecule has 110 valence electrons. The molecule has 2 aromatic carbocycles. The van der Waals surface area contributed by atoms with E-state index in [9.17, 15) is 9.59 Å². The van der Waals surface area contributed by atoms with E-state index in [2.05, 4.69) is 0 Å². The van der Waals surface area contributed by atoms with Crippen LogP contribution in [-0.2, 0) is 11.3 Å². The van der Waals surface area contributed by atoms with Crippen LogP contribution in [0.3, 0.4) is 0 Å². The first-order valence-corrected chi connectivity index (χ1v) is 6.77. The first-order chi connectivity index (χ1) is 10.6. The van der Waals surface area contributed by atoms with Gasteiger partial charge in [0.05, 0.1) is 5.52 Å². The van der Waals surface area contributed by atoms with Crippen LogP contribution in [0.4, 0.5) is 4.79 Å². The van der Waals surface area contributed by atoms with Crippen LogP contribution in [0.2, 0.25) is 0 Å². The average molecular weight is 294 g/mol. The summed E-state index contributed by atoms with van der Waals surface area (Å²) < 4.78 is 6.70. The molecule has 3 rings (SSSR count). The Hall–Kier alpha value is -3.08. The van der Waals surface area contributed by atoms with Crippen molar-refractivity contribution in [3.05, 3.63) is 71.9 Å². The second-order valence-electron chi connectivity index (χ2n) is 4.86. The van der Waals surface area contributed by atoms with Gasteiger partial charge in [0, 0.05) is 17.1 Å². The fourth-order valence-corrected chi connectivity index (χ4v) is 2.24. The van der Waals surface area contributed by atoms with Crippen molar-refractivity contribution in [2.75, 3.05) is 0 Å². The zero-order chi connectivity index (χ0) is 15.5. The average Bonchev–Trinajstić information content (AvgIpc) is 2.96. The van der Waals surface area contributed by atoms with Gasteiger partial charge in [-0.1, -0.05) is 30.3 Å². The molecular weight excluding hydrogens is 280 g/mol. The number of ether oxygens (including phenoxy) is 1. The van der Waals surface area contributed by atoms with Crippen LogP contribution >= 0.6 is 0 Å². The van der Waals surface area contributed by atoms with E-state index >= 15 is 0 Å². The van der Waals surface area contributed by atoms with Crippen LogP contribution in [0, 0.1) is 0 Å². The van der Waals surface area contributed by atoms with Gasteiger partial charge in [-0.05, 0) is 29.8 Å². The largest absolute Gasteiger partial charge is 0.444 e. The minimum absolute atomic E-state index is 0.207. The predicted molar refractivity (Wildman–Crippen MR) is 82.5 cm³/mol. The number of hydrogen-bond donors (Lipinski definition) is 1. The van der Waals surface area contributed by atoms with Crippen molar-refractivity contribution in [3.63, 3.8) is 0 Å². The summed E-state index contributed by atoms with van der Waals surface area (Å²) in [5.74, 6) is -0.499. The summed E-state index contributed by atoms with van der Waals surface area (Å²) in [5, 5.41) is 0.757. The summed E-state index contributed by atoms with van der Waals surface area (Å²) in [7, 11) is 0. The molecule has 0 radical (unpaired) electrons. The van der Waals surface area contributed by atoms with Gasteiger partial charge in [-0.25, -0.2) is 4.79 Å².